The van der Waals surface area contributed by atoms with Crippen LogP contribution in [0.2, 0.25) is 0 Å². The lowest BCUT2D eigenvalue weighted by Crippen LogP contribution is -2.34. The van der Waals surface area contributed by atoms with Crippen molar-refractivity contribution in [2.24, 2.45) is 0 Å². The summed E-state index contributed by atoms with van der Waals surface area (Å²) in [6, 6.07) is 8.50. The van der Waals surface area contributed by atoms with Gasteiger partial charge in [0.2, 0.25) is 0 Å². The number of aryl methyl sites for hydroxylation is 1. The van der Waals surface area contributed by atoms with Crippen LogP contribution in [0.25, 0.3) is 0 Å². The molecule has 4 heteroatoms. The van der Waals surface area contributed by atoms with Crippen molar-refractivity contribution in [2.45, 2.75) is 26.3 Å². The van der Waals surface area contributed by atoms with E-state index in [9.17, 15) is 5.26 Å². The summed E-state index contributed by atoms with van der Waals surface area (Å²) < 4.78 is 0. The standard InChI is InChI=1S/C15H15N3S/c1-10-3-4-12(9-16)15(17-10)18-7-5-14-13(11(18)2)6-8-19-14/h3-4,6,8,11H,5,7H2,1-2H3. The number of anilines is 1. The van der Waals surface area contributed by atoms with Crippen molar-refractivity contribution in [3.05, 3.63) is 45.3 Å². The van der Waals surface area contributed by atoms with Crippen LogP contribution in [0, 0.1) is 18.3 Å². The molecule has 0 fully saturated rings. The third-order valence-electron chi connectivity index (χ3n) is 3.68. The van der Waals surface area contributed by atoms with Crippen LogP contribution in [-0.2, 0) is 6.42 Å². The van der Waals surface area contributed by atoms with Gasteiger partial charge >= 0.3 is 0 Å². The molecule has 1 unspecified atom stereocenters. The summed E-state index contributed by atoms with van der Waals surface area (Å²) in [5.74, 6) is 0.826. The van der Waals surface area contributed by atoms with Gasteiger partial charge in [0.05, 0.1) is 11.6 Å². The first-order chi connectivity index (χ1) is 9.20. The SMILES string of the molecule is Cc1ccc(C#N)c(N2CCc3sccc3C2C)n1. The number of hydrogen-bond acceptors (Lipinski definition) is 4. The lowest BCUT2D eigenvalue weighted by atomic mass is 10.0. The van der Waals surface area contributed by atoms with E-state index in [1.807, 2.05) is 30.4 Å². The van der Waals surface area contributed by atoms with E-state index in [0.29, 0.717) is 5.56 Å². The van der Waals surface area contributed by atoms with Gasteiger partial charge in [0.1, 0.15) is 11.9 Å². The van der Waals surface area contributed by atoms with E-state index in [0.717, 1.165) is 24.5 Å². The molecular formula is C15H15N3S. The quantitative estimate of drug-likeness (QED) is 0.796. The fourth-order valence-corrected chi connectivity index (χ4v) is 3.61. The molecule has 0 N–H and O–H groups in total. The number of hydrogen-bond donors (Lipinski definition) is 0. The predicted octanol–water partition coefficient (Wildman–Crippen LogP) is 3.45. The normalized spacial score (nSPS) is 17.9. The van der Waals surface area contributed by atoms with Gasteiger partial charge in [0.15, 0.2) is 0 Å². The Morgan fingerprint density at radius 1 is 1.42 bits per heavy atom. The Morgan fingerprint density at radius 2 is 2.26 bits per heavy atom. The summed E-state index contributed by atoms with van der Waals surface area (Å²) in [5, 5.41) is 11.4. The molecule has 0 saturated carbocycles. The highest BCUT2D eigenvalue weighted by atomic mass is 32.1. The Balaban J connectivity index is 2.05. The van der Waals surface area contributed by atoms with E-state index in [1.165, 1.54) is 10.4 Å². The smallest absolute Gasteiger partial charge is 0.147 e. The first-order valence-corrected chi connectivity index (χ1v) is 7.29. The van der Waals surface area contributed by atoms with Gasteiger partial charge < -0.3 is 4.90 Å². The Bertz CT molecular complexity index is 654. The molecule has 0 saturated heterocycles. The Morgan fingerprint density at radius 3 is 3.05 bits per heavy atom. The van der Waals surface area contributed by atoms with E-state index < -0.39 is 0 Å². The molecule has 0 bridgehead atoms. The highest BCUT2D eigenvalue weighted by Gasteiger charge is 2.27. The molecule has 0 spiro atoms. The molecule has 0 amide bonds. The molecule has 3 heterocycles. The minimum Gasteiger partial charge on any atom is -0.348 e. The zero-order chi connectivity index (χ0) is 13.4. The first kappa shape index (κ1) is 12.2. The second-order valence-electron chi connectivity index (χ2n) is 4.85. The Hall–Kier alpha value is -1.86. The van der Waals surface area contributed by atoms with E-state index in [2.05, 4.69) is 34.3 Å². The van der Waals surface area contributed by atoms with Crippen LogP contribution in [0.1, 0.15) is 34.7 Å². The van der Waals surface area contributed by atoms with Crippen LogP contribution < -0.4 is 4.90 Å². The second-order valence-corrected chi connectivity index (χ2v) is 5.85. The number of pyridine rings is 1. The maximum Gasteiger partial charge on any atom is 0.147 e. The summed E-state index contributed by atoms with van der Waals surface area (Å²) >= 11 is 1.83. The third kappa shape index (κ3) is 2.00. The summed E-state index contributed by atoms with van der Waals surface area (Å²) in [5.41, 5.74) is 3.00. The summed E-state index contributed by atoms with van der Waals surface area (Å²) in [6.45, 7) is 5.09. The molecule has 3 rings (SSSR count). The molecule has 96 valence electrons. The number of rotatable bonds is 1. The molecule has 1 aliphatic heterocycles. The molecule has 2 aromatic rings. The van der Waals surface area contributed by atoms with Crippen molar-refractivity contribution >= 4 is 17.2 Å². The Kier molecular flexibility index (Phi) is 3.00. The van der Waals surface area contributed by atoms with Crippen LogP contribution >= 0.6 is 11.3 Å². The van der Waals surface area contributed by atoms with Gasteiger partial charge in [-0.25, -0.2) is 4.98 Å². The lowest BCUT2D eigenvalue weighted by molar-refractivity contribution is 0.623. The zero-order valence-corrected chi connectivity index (χ0v) is 11.9. The van der Waals surface area contributed by atoms with Gasteiger partial charge in [-0.2, -0.15) is 5.26 Å². The third-order valence-corrected chi connectivity index (χ3v) is 4.68. The van der Waals surface area contributed by atoms with Crippen LogP contribution in [0.3, 0.4) is 0 Å². The monoisotopic (exact) mass is 269 g/mol. The van der Waals surface area contributed by atoms with Crippen molar-refractivity contribution in [2.75, 3.05) is 11.4 Å². The molecular weight excluding hydrogens is 254 g/mol. The van der Waals surface area contributed by atoms with Crippen LogP contribution in [-0.4, -0.2) is 11.5 Å². The van der Waals surface area contributed by atoms with Crippen LogP contribution in [0.5, 0.6) is 0 Å². The molecule has 2 aromatic heterocycles. The number of aromatic nitrogens is 1. The van der Waals surface area contributed by atoms with Crippen molar-refractivity contribution in [1.82, 2.24) is 4.98 Å². The number of fused-ring (bicyclic) bond motifs is 1. The van der Waals surface area contributed by atoms with E-state index in [-0.39, 0.29) is 6.04 Å². The minimum absolute atomic E-state index is 0.288. The molecule has 19 heavy (non-hydrogen) atoms. The summed E-state index contributed by atoms with van der Waals surface area (Å²) in [4.78, 5) is 8.30. The average Bonchev–Trinajstić information content (AvgIpc) is 2.88. The zero-order valence-electron chi connectivity index (χ0n) is 11.1. The van der Waals surface area contributed by atoms with Gasteiger partial charge in [-0.05, 0) is 49.4 Å². The maximum atomic E-state index is 9.27. The number of nitrogens with zero attached hydrogens (tertiary/aromatic N) is 3. The van der Waals surface area contributed by atoms with Gasteiger partial charge in [0, 0.05) is 17.1 Å². The van der Waals surface area contributed by atoms with Gasteiger partial charge in [0.25, 0.3) is 0 Å². The molecule has 0 radical (unpaired) electrons. The highest BCUT2D eigenvalue weighted by Crippen LogP contribution is 2.36. The second kappa shape index (κ2) is 4.67. The molecule has 1 atom stereocenters. The molecule has 0 aliphatic carbocycles. The largest absolute Gasteiger partial charge is 0.348 e. The van der Waals surface area contributed by atoms with E-state index in [4.69, 9.17) is 0 Å². The van der Waals surface area contributed by atoms with Crippen LogP contribution in [0.15, 0.2) is 23.6 Å². The minimum atomic E-state index is 0.288. The Labute approximate surface area is 117 Å². The van der Waals surface area contributed by atoms with E-state index in [1.54, 1.807) is 0 Å². The predicted molar refractivity (Wildman–Crippen MR) is 77.5 cm³/mol. The fraction of sp³-hybridized carbons (Fsp3) is 0.333. The summed E-state index contributed by atoms with van der Waals surface area (Å²) in [7, 11) is 0. The fourth-order valence-electron chi connectivity index (χ4n) is 2.65. The van der Waals surface area contributed by atoms with Crippen LogP contribution in [0.4, 0.5) is 5.82 Å². The van der Waals surface area contributed by atoms with Gasteiger partial charge in [-0.3, -0.25) is 0 Å². The molecule has 0 aromatic carbocycles. The number of nitriles is 1. The highest BCUT2D eigenvalue weighted by molar-refractivity contribution is 7.10. The molecule has 1 aliphatic rings. The van der Waals surface area contributed by atoms with Crippen molar-refractivity contribution < 1.29 is 0 Å². The van der Waals surface area contributed by atoms with Gasteiger partial charge in [-0.1, -0.05) is 0 Å². The van der Waals surface area contributed by atoms with Crippen molar-refractivity contribution in [1.29, 1.82) is 5.26 Å². The lowest BCUT2D eigenvalue weighted by Gasteiger charge is -2.35. The topological polar surface area (TPSA) is 39.9 Å². The first-order valence-electron chi connectivity index (χ1n) is 6.41. The van der Waals surface area contributed by atoms with Crippen molar-refractivity contribution in [3.63, 3.8) is 0 Å². The van der Waals surface area contributed by atoms with Gasteiger partial charge in [-0.15, -0.1) is 11.3 Å². The maximum absolute atomic E-state index is 9.27. The summed E-state index contributed by atoms with van der Waals surface area (Å²) in [6.07, 6.45) is 1.04. The number of thiophene rings is 1. The van der Waals surface area contributed by atoms with E-state index >= 15 is 0 Å². The van der Waals surface area contributed by atoms with Crippen molar-refractivity contribution in [3.8, 4) is 6.07 Å². The average molecular weight is 269 g/mol. The molecule has 3 nitrogen and oxygen atoms in total.